The fraction of sp³-hybridized carbons (Fsp3) is 0.727. The molecule has 0 N–H and O–H groups in total. The summed E-state index contributed by atoms with van der Waals surface area (Å²) in [6.45, 7) is 2.15. The van der Waals surface area contributed by atoms with Crippen molar-refractivity contribution in [2.24, 2.45) is 11.8 Å². The van der Waals surface area contributed by atoms with Crippen molar-refractivity contribution in [1.29, 1.82) is 0 Å². The van der Waals surface area contributed by atoms with Crippen LogP contribution in [-0.4, -0.2) is 19.3 Å². The first kappa shape index (κ1) is 18.5. The summed E-state index contributed by atoms with van der Waals surface area (Å²) in [6.07, 6.45) is 13.7. The van der Waals surface area contributed by atoms with Crippen molar-refractivity contribution in [3.63, 3.8) is 0 Å². The van der Waals surface area contributed by atoms with Gasteiger partial charge >= 0.3 is 7.12 Å². The lowest BCUT2D eigenvalue weighted by Crippen LogP contribution is -2.38. The molecule has 3 aliphatic rings. The third-order valence-corrected chi connectivity index (χ3v) is 6.94. The molecule has 0 spiro atoms. The first-order valence-corrected chi connectivity index (χ1v) is 10.8. The van der Waals surface area contributed by atoms with Crippen LogP contribution in [0.25, 0.3) is 0 Å². The largest absolute Gasteiger partial charge is 0.465 e. The number of halogens is 1. The Balaban J connectivity index is 1.50. The van der Waals surface area contributed by atoms with E-state index in [0.29, 0.717) is 11.8 Å². The molecule has 2 nitrogen and oxygen atoms in total. The van der Waals surface area contributed by atoms with Gasteiger partial charge in [-0.05, 0) is 55.2 Å². The van der Waals surface area contributed by atoms with Crippen LogP contribution >= 0.6 is 0 Å². The van der Waals surface area contributed by atoms with Gasteiger partial charge in [0, 0.05) is 5.82 Å². The second-order valence-electron chi connectivity index (χ2n) is 8.71. The van der Waals surface area contributed by atoms with Gasteiger partial charge in [-0.1, -0.05) is 57.6 Å². The molecule has 0 bridgehead atoms. The Morgan fingerprint density at radius 2 is 1.27 bits per heavy atom. The zero-order valence-corrected chi connectivity index (χ0v) is 16.0. The predicted molar refractivity (Wildman–Crippen MR) is 103 cm³/mol. The van der Waals surface area contributed by atoms with Crippen LogP contribution in [0.2, 0.25) is 0 Å². The third-order valence-electron chi connectivity index (χ3n) is 6.94. The average Bonchev–Trinajstić information content (AvgIpc) is 3.15. The smallest absolute Gasteiger partial charge is 0.405 e. The minimum Gasteiger partial charge on any atom is -0.405 e. The summed E-state index contributed by atoms with van der Waals surface area (Å²) in [5.74, 6) is 1.26. The van der Waals surface area contributed by atoms with E-state index in [1.165, 1.54) is 76.3 Å². The summed E-state index contributed by atoms with van der Waals surface area (Å²) in [4.78, 5) is 0. The molecule has 1 aromatic carbocycles. The van der Waals surface area contributed by atoms with Crippen LogP contribution in [0.1, 0.15) is 82.5 Å². The Morgan fingerprint density at radius 3 is 1.73 bits per heavy atom. The van der Waals surface area contributed by atoms with Crippen molar-refractivity contribution >= 4 is 7.12 Å². The molecule has 1 aromatic rings. The number of benzene rings is 1. The molecule has 1 saturated heterocycles. The van der Waals surface area contributed by atoms with E-state index in [2.05, 4.69) is 6.92 Å². The molecule has 142 valence electrons. The van der Waals surface area contributed by atoms with E-state index < -0.39 is 0 Å². The monoisotopic (exact) mass is 358 g/mol. The van der Waals surface area contributed by atoms with Crippen LogP contribution in [0.5, 0.6) is 0 Å². The van der Waals surface area contributed by atoms with Crippen molar-refractivity contribution in [2.45, 2.75) is 89.2 Å². The maximum atomic E-state index is 13.3. The van der Waals surface area contributed by atoms with Gasteiger partial charge in [0.2, 0.25) is 0 Å². The maximum Gasteiger partial charge on any atom is 0.465 e. The van der Waals surface area contributed by atoms with Gasteiger partial charge in [-0.25, -0.2) is 4.39 Å². The Labute approximate surface area is 158 Å². The van der Waals surface area contributed by atoms with Gasteiger partial charge in [-0.2, -0.15) is 0 Å². The zero-order valence-electron chi connectivity index (χ0n) is 16.0. The Morgan fingerprint density at radius 1 is 0.808 bits per heavy atom. The van der Waals surface area contributed by atoms with E-state index in [1.54, 1.807) is 0 Å². The van der Waals surface area contributed by atoms with Gasteiger partial charge in [0.25, 0.3) is 0 Å². The Hall–Kier alpha value is -0.865. The second-order valence-corrected chi connectivity index (χ2v) is 8.71. The lowest BCUT2D eigenvalue weighted by molar-refractivity contribution is 0.0324. The van der Waals surface area contributed by atoms with Crippen LogP contribution in [0.3, 0.4) is 0 Å². The summed E-state index contributed by atoms with van der Waals surface area (Å²) in [5.41, 5.74) is 1.10. The van der Waals surface area contributed by atoms with Gasteiger partial charge in [-0.15, -0.1) is 0 Å². The summed E-state index contributed by atoms with van der Waals surface area (Å²) >= 11 is 0. The highest BCUT2D eigenvalue weighted by molar-refractivity contribution is 6.47. The molecule has 4 heteroatoms. The van der Waals surface area contributed by atoms with Crippen molar-refractivity contribution in [2.75, 3.05) is 0 Å². The van der Waals surface area contributed by atoms with Crippen LogP contribution in [0.4, 0.5) is 4.39 Å². The fourth-order valence-electron chi connectivity index (χ4n) is 5.34. The molecule has 1 aliphatic heterocycles. The minimum atomic E-state index is -0.195. The SMILES string of the molecule is C[C@@H](B1O[C@H](C2CCCCC2)[C@@H](C2CCCCC2)O1)c1ccc(F)cc1. The van der Waals surface area contributed by atoms with E-state index in [1.807, 2.05) is 12.1 Å². The van der Waals surface area contributed by atoms with Gasteiger partial charge in [0.15, 0.2) is 0 Å². The molecule has 26 heavy (non-hydrogen) atoms. The molecule has 3 fully saturated rings. The van der Waals surface area contributed by atoms with E-state index in [0.717, 1.165) is 5.56 Å². The van der Waals surface area contributed by atoms with Gasteiger partial charge in [0.05, 0.1) is 12.2 Å². The molecule has 0 aromatic heterocycles. The molecule has 2 saturated carbocycles. The van der Waals surface area contributed by atoms with Crippen LogP contribution in [0.15, 0.2) is 24.3 Å². The highest BCUT2D eigenvalue weighted by Gasteiger charge is 2.48. The first-order chi connectivity index (χ1) is 12.7. The predicted octanol–water partition coefficient (Wildman–Crippen LogP) is 5.90. The fourth-order valence-corrected chi connectivity index (χ4v) is 5.34. The maximum absolute atomic E-state index is 13.3. The third kappa shape index (κ3) is 4.01. The molecule has 0 amide bonds. The highest BCUT2D eigenvalue weighted by Crippen LogP contribution is 2.42. The number of rotatable bonds is 4. The lowest BCUT2D eigenvalue weighted by atomic mass is 9.69. The van der Waals surface area contributed by atoms with Crippen molar-refractivity contribution in [3.05, 3.63) is 35.6 Å². The zero-order chi connectivity index (χ0) is 17.9. The molecule has 0 radical (unpaired) electrons. The van der Waals surface area contributed by atoms with Crippen LogP contribution < -0.4 is 0 Å². The van der Waals surface area contributed by atoms with Gasteiger partial charge in [0.1, 0.15) is 5.82 Å². The summed E-state index contributed by atoms with van der Waals surface area (Å²) in [5, 5.41) is 0. The molecular weight excluding hydrogens is 326 g/mol. The highest BCUT2D eigenvalue weighted by atomic mass is 19.1. The van der Waals surface area contributed by atoms with Crippen LogP contribution in [-0.2, 0) is 9.31 Å². The minimum absolute atomic E-state index is 0.135. The average molecular weight is 358 g/mol. The molecule has 2 aliphatic carbocycles. The Bertz CT molecular complexity index is 540. The van der Waals surface area contributed by atoms with Crippen molar-refractivity contribution < 1.29 is 13.7 Å². The van der Waals surface area contributed by atoms with E-state index in [-0.39, 0.29) is 31.0 Å². The van der Waals surface area contributed by atoms with E-state index in [9.17, 15) is 4.39 Å². The quantitative estimate of drug-likeness (QED) is 0.624. The Kier molecular flexibility index (Phi) is 6.00. The molecule has 3 atom stereocenters. The summed E-state index contributed by atoms with van der Waals surface area (Å²) < 4.78 is 26.5. The van der Waals surface area contributed by atoms with Gasteiger partial charge in [-0.3, -0.25) is 0 Å². The molecule has 0 unspecified atom stereocenters. The van der Waals surface area contributed by atoms with E-state index >= 15 is 0 Å². The summed E-state index contributed by atoms with van der Waals surface area (Å²) in [7, 11) is -0.195. The first-order valence-electron chi connectivity index (χ1n) is 10.8. The molecule has 4 rings (SSSR count). The van der Waals surface area contributed by atoms with Crippen LogP contribution in [0, 0.1) is 17.7 Å². The topological polar surface area (TPSA) is 18.5 Å². The van der Waals surface area contributed by atoms with Crippen molar-refractivity contribution in [3.8, 4) is 0 Å². The standard InChI is InChI=1S/C22H32BFO2/c1-16(17-12-14-20(24)15-13-17)23-25-21(18-8-4-2-5-9-18)22(26-23)19-10-6-3-7-11-19/h12-16,18-19,21-22H,2-11H2,1H3/t16-,21-,22-/m1/s1. The van der Waals surface area contributed by atoms with Gasteiger partial charge < -0.3 is 9.31 Å². The second kappa shape index (κ2) is 8.43. The number of hydrogen-bond acceptors (Lipinski definition) is 2. The normalized spacial score (nSPS) is 29.8. The molecule has 1 heterocycles. The summed E-state index contributed by atoms with van der Waals surface area (Å²) in [6, 6.07) is 6.82. The lowest BCUT2D eigenvalue weighted by Gasteiger charge is -2.35. The molecular formula is C22H32BFO2. The van der Waals surface area contributed by atoms with E-state index in [4.69, 9.17) is 9.31 Å². The number of hydrogen-bond donors (Lipinski definition) is 0. The van der Waals surface area contributed by atoms with Crippen molar-refractivity contribution in [1.82, 2.24) is 0 Å².